The largest absolute Gasteiger partial charge is 0.398 e. The van der Waals surface area contributed by atoms with Gasteiger partial charge in [-0.25, -0.2) is 4.39 Å². The van der Waals surface area contributed by atoms with Crippen molar-refractivity contribution in [1.29, 1.82) is 5.26 Å². The molecule has 0 spiro atoms. The molecule has 0 saturated carbocycles. The molecule has 1 rings (SSSR count). The van der Waals surface area contributed by atoms with E-state index in [9.17, 15) is 4.39 Å². The lowest BCUT2D eigenvalue weighted by atomic mass is 10.1. The average Bonchev–Trinajstić information content (AvgIpc) is 2.01. The van der Waals surface area contributed by atoms with Crippen LogP contribution in [0.2, 0.25) is 5.02 Å². The van der Waals surface area contributed by atoms with E-state index in [0.29, 0.717) is 5.69 Å². The molecule has 1 aromatic carbocycles. The zero-order valence-corrected chi connectivity index (χ0v) is 6.90. The van der Waals surface area contributed by atoms with Crippen molar-refractivity contribution >= 4 is 17.3 Å². The van der Waals surface area contributed by atoms with Crippen LogP contribution in [0.5, 0.6) is 0 Å². The lowest BCUT2D eigenvalue weighted by molar-refractivity contribution is 0.615. The second-order valence-corrected chi connectivity index (χ2v) is 2.71. The minimum Gasteiger partial charge on any atom is -0.398 e. The molecule has 2 nitrogen and oxygen atoms in total. The Morgan fingerprint density at radius 2 is 2.25 bits per heavy atom. The van der Waals surface area contributed by atoms with E-state index in [-0.39, 0.29) is 17.0 Å². The highest BCUT2D eigenvalue weighted by Gasteiger charge is 2.05. The number of hydrogen-bond donors (Lipinski definition) is 1. The number of nitrogens with zero attached hydrogens (tertiary/aromatic N) is 1. The maximum absolute atomic E-state index is 12.9. The predicted molar refractivity (Wildman–Crippen MR) is 45.1 cm³/mol. The van der Waals surface area contributed by atoms with Gasteiger partial charge in [-0.05, 0) is 12.1 Å². The van der Waals surface area contributed by atoms with Gasteiger partial charge in [0.15, 0.2) is 0 Å². The van der Waals surface area contributed by atoms with Gasteiger partial charge in [0.25, 0.3) is 0 Å². The third-order valence-electron chi connectivity index (χ3n) is 1.44. The van der Waals surface area contributed by atoms with Crippen LogP contribution in [0.1, 0.15) is 5.56 Å². The second kappa shape index (κ2) is 3.42. The Morgan fingerprint density at radius 1 is 1.58 bits per heavy atom. The standard InChI is InChI=1S/C8H6ClFN2/c9-6-4-7(10)5(1-2-11)3-8(6)12/h3-4H,1,12H2. The molecule has 0 aliphatic heterocycles. The Morgan fingerprint density at radius 3 is 2.83 bits per heavy atom. The maximum atomic E-state index is 12.9. The van der Waals surface area contributed by atoms with Gasteiger partial charge in [-0.3, -0.25) is 0 Å². The predicted octanol–water partition coefficient (Wildman–Crippen LogP) is 2.13. The Bertz CT molecular complexity index is 344. The second-order valence-electron chi connectivity index (χ2n) is 2.30. The molecule has 0 unspecified atom stereocenters. The van der Waals surface area contributed by atoms with E-state index in [4.69, 9.17) is 22.6 Å². The zero-order valence-electron chi connectivity index (χ0n) is 6.14. The number of halogens is 2. The van der Waals surface area contributed by atoms with Gasteiger partial charge in [-0.1, -0.05) is 11.6 Å². The number of nitrogen functional groups attached to an aromatic ring is 1. The molecule has 0 aliphatic rings. The first-order valence-electron chi connectivity index (χ1n) is 3.25. The Labute approximate surface area is 74.4 Å². The van der Waals surface area contributed by atoms with Crippen LogP contribution in [0.15, 0.2) is 12.1 Å². The van der Waals surface area contributed by atoms with E-state index < -0.39 is 5.82 Å². The van der Waals surface area contributed by atoms with Gasteiger partial charge in [-0.15, -0.1) is 0 Å². The van der Waals surface area contributed by atoms with Crippen LogP contribution in [-0.4, -0.2) is 0 Å². The monoisotopic (exact) mass is 184 g/mol. The summed E-state index contributed by atoms with van der Waals surface area (Å²) in [6, 6.07) is 4.32. The fourth-order valence-electron chi connectivity index (χ4n) is 0.834. The molecule has 0 amide bonds. The molecular weight excluding hydrogens is 179 g/mol. The lowest BCUT2D eigenvalue weighted by Gasteiger charge is -2.01. The third kappa shape index (κ3) is 1.66. The summed E-state index contributed by atoms with van der Waals surface area (Å²) in [5.41, 5.74) is 5.98. The van der Waals surface area contributed by atoms with Crippen molar-refractivity contribution < 1.29 is 4.39 Å². The van der Waals surface area contributed by atoms with Gasteiger partial charge in [0.1, 0.15) is 5.82 Å². The van der Waals surface area contributed by atoms with Crippen LogP contribution >= 0.6 is 11.6 Å². The van der Waals surface area contributed by atoms with Gasteiger partial charge in [0.2, 0.25) is 0 Å². The molecule has 0 aliphatic carbocycles. The highest BCUT2D eigenvalue weighted by Crippen LogP contribution is 2.22. The van der Waals surface area contributed by atoms with Gasteiger partial charge >= 0.3 is 0 Å². The van der Waals surface area contributed by atoms with Crippen molar-refractivity contribution in [2.45, 2.75) is 6.42 Å². The summed E-state index contributed by atoms with van der Waals surface area (Å²) in [6.45, 7) is 0. The van der Waals surface area contributed by atoms with Crippen LogP contribution < -0.4 is 5.73 Å². The maximum Gasteiger partial charge on any atom is 0.129 e. The van der Waals surface area contributed by atoms with E-state index >= 15 is 0 Å². The normalized spacial score (nSPS) is 9.42. The summed E-state index contributed by atoms with van der Waals surface area (Å²) < 4.78 is 12.9. The van der Waals surface area contributed by atoms with Crippen LogP contribution in [0.3, 0.4) is 0 Å². The van der Waals surface area contributed by atoms with Crippen molar-refractivity contribution in [3.8, 4) is 6.07 Å². The Kier molecular flexibility index (Phi) is 2.51. The van der Waals surface area contributed by atoms with E-state index in [1.54, 1.807) is 0 Å². The molecule has 0 atom stereocenters. The minimum atomic E-state index is -0.490. The summed E-state index contributed by atoms with van der Waals surface area (Å²) in [5, 5.41) is 8.49. The molecule has 62 valence electrons. The number of benzene rings is 1. The molecule has 0 bridgehead atoms. The van der Waals surface area contributed by atoms with Crippen LogP contribution in [-0.2, 0) is 6.42 Å². The molecule has 0 aromatic heterocycles. The molecular formula is C8H6ClFN2. The number of nitrogens with two attached hydrogens (primary N) is 1. The highest BCUT2D eigenvalue weighted by atomic mass is 35.5. The van der Waals surface area contributed by atoms with Crippen molar-refractivity contribution in [1.82, 2.24) is 0 Å². The first-order chi connectivity index (χ1) is 5.65. The van der Waals surface area contributed by atoms with E-state index in [0.717, 1.165) is 6.07 Å². The van der Waals surface area contributed by atoms with Crippen molar-refractivity contribution in [2.24, 2.45) is 0 Å². The molecule has 4 heteroatoms. The van der Waals surface area contributed by atoms with Crippen molar-refractivity contribution in [2.75, 3.05) is 5.73 Å². The smallest absolute Gasteiger partial charge is 0.129 e. The minimum absolute atomic E-state index is 0.00715. The number of rotatable bonds is 1. The topological polar surface area (TPSA) is 49.8 Å². The van der Waals surface area contributed by atoms with Gasteiger partial charge < -0.3 is 5.73 Å². The molecule has 0 saturated heterocycles. The van der Waals surface area contributed by atoms with Crippen LogP contribution in [0.25, 0.3) is 0 Å². The van der Waals surface area contributed by atoms with E-state index in [1.807, 2.05) is 6.07 Å². The summed E-state index contributed by atoms with van der Waals surface area (Å²) in [5.74, 6) is -0.490. The summed E-state index contributed by atoms with van der Waals surface area (Å²) in [4.78, 5) is 0. The zero-order chi connectivity index (χ0) is 9.14. The number of anilines is 1. The fraction of sp³-hybridized carbons (Fsp3) is 0.125. The Balaban J connectivity index is 3.16. The molecule has 0 heterocycles. The lowest BCUT2D eigenvalue weighted by Crippen LogP contribution is -1.93. The first kappa shape index (κ1) is 8.82. The third-order valence-corrected chi connectivity index (χ3v) is 1.76. The van der Waals surface area contributed by atoms with Gasteiger partial charge in [0, 0.05) is 5.56 Å². The molecule has 2 N–H and O–H groups in total. The van der Waals surface area contributed by atoms with Crippen molar-refractivity contribution in [3.63, 3.8) is 0 Å². The van der Waals surface area contributed by atoms with Crippen molar-refractivity contribution in [3.05, 3.63) is 28.5 Å². The van der Waals surface area contributed by atoms with E-state index in [1.165, 1.54) is 6.07 Å². The SMILES string of the molecule is N#CCc1cc(N)c(Cl)cc1F. The fourth-order valence-corrected chi connectivity index (χ4v) is 0.984. The average molecular weight is 185 g/mol. The van der Waals surface area contributed by atoms with Crippen LogP contribution in [0.4, 0.5) is 10.1 Å². The van der Waals surface area contributed by atoms with E-state index in [2.05, 4.69) is 0 Å². The molecule has 0 radical (unpaired) electrons. The highest BCUT2D eigenvalue weighted by molar-refractivity contribution is 6.33. The summed E-state index contributed by atoms with van der Waals surface area (Å²) in [6.07, 6.45) is 0.00715. The van der Waals surface area contributed by atoms with Crippen LogP contribution in [0, 0.1) is 17.1 Å². The molecule has 12 heavy (non-hydrogen) atoms. The number of hydrogen-bond acceptors (Lipinski definition) is 2. The first-order valence-corrected chi connectivity index (χ1v) is 3.63. The Hall–Kier alpha value is -1.27. The summed E-state index contributed by atoms with van der Waals surface area (Å²) >= 11 is 5.54. The van der Waals surface area contributed by atoms with Gasteiger partial charge in [-0.2, -0.15) is 5.26 Å². The summed E-state index contributed by atoms with van der Waals surface area (Å²) in [7, 11) is 0. The number of nitriles is 1. The molecule has 1 aromatic rings. The quantitative estimate of drug-likeness (QED) is 0.680. The molecule has 0 fully saturated rings. The van der Waals surface area contributed by atoms with Gasteiger partial charge in [0.05, 0.1) is 23.2 Å².